The Labute approximate surface area is 104 Å². The SMILES string of the molecule is Cn1cc(-c2cccc(F)c2)c(CCC(=O)O)n1. The maximum atomic E-state index is 13.2. The van der Waals surface area contributed by atoms with Crippen LogP contribution in [0.25, 0.3) is 11.1 Å². The quantitative estimate of drug-likeness (QED) is 0.902. The molecule has 0 aliphatic carbocycles. The van der Waals surface area contributed by atoms with Crippen molar-refractivity contribution in [3.8, 4) is 11.1 Å². The number of hydrogen-bond donors (Lipinski definition) is 1. The maximum Gasteiger partial charge on any atom is 0.303 e. The van der Waals surface area contributed by atoms with Crippen molar-refractivity contribution in [2.45, 2.75) is 12.8 Å². The van der Waals surface area contributed by atoms with E-state index in [2.05, 4.69) is 5.10 Å². The zero-order valence-electron chi connectivity index (χ0n) is 9.93. The van der Waals surface area contributed by atoms with Gasteiger partial charge in [0.25, 0.3) is 0 Å². The second-order valence-electron chi connectivity index (χ2n) is 4.07. The van der Waals surface area contributed by atoms with E-state index in [1.807, 2.05) is 0 Å². The molecule has 2 aromatic rings. The van der Waals surface area contributed by atoms with Crippen LogP contribution in [0.4, 0.5) is 4.39 Å². The standard InChI is InChI=1S/C13H13FN2O2/c1-16-8-11(9-3-2-4-10(14)7-9)12(15-16)5-6-13(17)18/h2-4,7-8H,5-6H2,1H3,(H,17,18). The Kier molecular flexibility index (Phi) is 3.41. The van der Waals surface area contributed by atoms with Crippen LogP contribution in [0.2, 0.25) is 0 Å². The van der Waals surface area contributed by atoms with Gasteiger partial charge < -0.3 is 5.11 Å². The van der Waals surface area contributed by atoms with Gasteiger partial charge in [0.15, 0.2) is 0 Å². The van der Waals surface area contributed by atoms with Gasteiger partial charge in [-0.1, -0.05) is 12.1 Å². The number of benzene rings is 1. The Morgan fingerprint density at radius 3 is 2.94 bits per heavy atom. The lowest BCUT2D eigenvalue weighted by atomic mass is 10.0. The molecule has 5 heteroatoms. The number of carboxylic acid groups (broad SMARTS) is 1. The lowest BCUT2D eigenvalue weighted by Gasteiger charge is -2.01. The fourth-order valence-corrected chi connectivity index (χ4v) is 1.84. The van der Waals surface area contributed by atoms with E-state index in [0.29, 0.717) is 17.7 Å². The maximum absolute atomic E-state index is 13.2. The molecule has 0 bridgehead atoms. The van der Waals surface area contributed by atoms with Gasteiger partial charge in [-0.25, -0.2) is 4.39 Å². The largest absolute Gasteiger partial charge is 0.481 e. The van der Waals surface area contributed by atoms with E-state index >= 15 is 0 Å². The minimum Gasteiger partial charge on any atom is -0.481 e. The van der Waals surface area contributed by atoms with Crippen LogP contribution in [0.3, 0.4) is 0 Å². The van der Waals surface area contributed by atoms with E-state index in [0.717, 1.165) is 5.56 Å². The van der Waals surface area contributed by atoms with Crippen molar-refractivity contribution in [2.75, 3.05) is 0 Å². The van der Waals surface area contributed by atoms with Crippen molar-refractivity contribution < 1.29 is 14.3 Å². The number of rotatable bonds is 4. The molecule has 0 fully saturated rings. The lowest BCUT2D eigenvalue weighted by Crippen LogP contribution is -1.99. The molecule has 0 spiro atoms. The van der Waals surface area contributed by atoms with E-state index in [-0.39, 0.29) is 12.2 Å². The number of carbonyl (C=O) groups is 1. The van der Waals surface area contributed by atoms with Gasteiger partial charge in [-0.15, -0.1) is 0 Å². The third-order valence-electron chi connectivity index (χ3n) is 2.62. The van der Waals surface area contributed by atoms with Gasteiger partial charge in [0.2, 0.25) is 0 Å². The van der Waals surface area contributed by atoms with Gasteiger partial charge in [0.05, 0.1) is 12.1 Å². The molecular formula is C13H13FN2O2. The van der Waals surface area contributed by atoms with Crippen LogP contribution in [0.1, 0.15) is 12.1 Å². The summed E-state index contributed by atoms with van der Waals surface area (Å²) >= 11 is 0. The molecule has 4 nitrogen and oxygen atoms in total. The van der Waals surface area contributed by atoms with Crippen LogP contribution in [0, 0.1) is 5.82 Å². The second kappa shape index (κ2) is 5.00. The topological polar surface area (TPSA) is 55.1 Å². The van der Waals surface area contributed by atoms with Crippen molar-refractivity contribution >= 4 is 5.97 Å². The first-order valence-corrected chi connectivity index (χ1v) is 5.56. The third-order valence-corrected chi connectivity index (χ3v) is 2.62. The van der Waals surface area contributed by atoms with E-state index < -0.39 is 5.97 Å². The first kappa shape index (κ1) is 12.3. The first-order chi connectivity index (χ1) is 8.56. The molecule has 0 atom stereocenters. The highest BCUT2D eigenvalue weighted by Crippen LogP contribution is 2.24. The summed E-state index contributed by atoms with van der Waals surface area (Å²) in [4.78, 5) is 10.6. The highest BCUT2D eigenvalue weighted by atomic mass is 19.1. The van der Waals surface area contributed by atoms with Crippen LogP contribution < -0.4 is 0 Å². The molecule has 1 N–H and O–H groups in total. The smallest absolute Gasteiger partial charge is 0.303 e. The highest BCUT2D eigenvalue weighted by molar-refractivity contribution is 5.69. The molecule has 0 unspecified atom stereocenters. The van der Waals surface area contributed by atoms with Gasteiger partial charge in [-0.05, 0) is 17.7 Å². The summed E-state index contributed by atoms with van der Waals surface area (Å²) < 4.78 is 14.8. The Morgan fingerprint density at radius 1 is 1.50 bits per heavy atom. The molecule has 1 heterocycles. The van der Waals surface area contributed by atoms with Crippen LogP contribution in [-0.2, 0) is 18.3 Å². The predicted molar refractivity (Wildman–Crippen MR) is 64.6 cm³/mol. The fraction of sp³-hybridized carbons (Fsp3) is 0.231. The Bertz CT molecular complexity index is 578. The average molecular weight is 248 g/mol. The summed E-state index contributed by atoms with van der Waals surface area (Å²) in [5.41, 5.74) is 2.16. The van der Waals surface area contributed by atoms with Crippen molar-refractivity contribution in [3.63, 3.8) is 0 Å². The van der Waals surface area contributed by atoms with Crippen LogP contribution in [0.15, 0.2) is 30.5 Å². The van der Waals surface area contributed by atoms with Crippen LogP contribution >= 0.6 is 0 Å². The Balaban J connectivity index is 2.35. The van der Waals surface area contributed by atoms with Gasteiger partial charge >= 0.3 is 5.97 Å². The molecule has 0 saturated heterocycles. The molecule has 18 heavy (non-hydrogen) atoms. The summed E-state index contributed by atoms with van der Waals surface area (Å²) in [5.74, 6) is -1.19. The third kappa shape index (κ3) is 2.74. The van der Waals surface area contributed by atoms with Gasteiger partial charge in [0.1, 0.15) is 5.82 Å². The normalized spacial score (nSPS) is 10.6. The molecule has 94 valence electrons. The monoisotopic (exact) mass is 248 g/mol. The highest BCUT2D eigenvalue weighted by Gasteiger charge is 2.11. The molecule has 0 radical (unpaired) electrons. The molecule has 0 saturated carbocycles. The fourth-order valence-electron chi connectivity index (χ4n) is 1.84. The van der Waals surface area contributed by atoms with Crippen molar-refractivity contribution in [2.24, 2.45) is 7.05 Å². The number of nitrogens with zero attached hydrogens (tertiary/aromatic N) is 2. The predicted octanol–water partition coefficient (Wildman–Crippen LogP) is 2.24. The molecule has 0 aliphatic heterocycles. The van der Waals surface area contributed by atoms with Gasteiger partial charge in [-0.2, -0.15) is 5.10 Å². The zero-order chi connectivity index (χ0) is 13.1. The average Bonchev–Trinajstić information content (AvgIpc) is 2.68. The van der Waals surface area contributed by atoms with Gasteiger partial charge in [0, 0.05) is 25.2 Å². The number of halogens is 1. The number of aromatic nitrogens is 2. The first-order valence-electron chi connectivity index (χ1n) is 5.56. The lowest BCUT2D eigenvalue weighted by molar-refractivity contribution is -0.136. The van der Waals surface area contributed by atoms with E-state index in [9.17, 15) is 9.18 Å². The number of aryl methyl sites for hydroxylation is 2. The van der Waals surface area contributed by atoms with Crippen LogP contribution in [-0.4, -0.2) is 20.9 Å². The zero-order valence-corrected chi connectivity index (χ0v) is 9.93. The summed E-state index contributed by atoms with van der Waals surface area (Å²) in [6.45, 7) is 0. The molecule has 1 aromatic carbocycles. The van der Waals surface area contributed by atoms with E-state index in [1.54, 1.807) is 30.1 Å². The van der Waals surface area contributed by atoms with Crippen molar-refractivity contribution in [1.82, 2.24) is 9.78 Å². The summed E-state index contributed by atoms with van der Waals surface area (Å²) in [6.07, 6.45) is 2.12. The molecule has 1 aromatic heterocycles. The number of hydrogen-bond acceptors (Lipinski definition) is 2. The van der Waals surface area contributed by atoms with Crippen molar-refractivity contribution in [1.29, 1.82) is 0 Å². The minimum atomic E-state index is -0.870. The van der Waals surface area contributed by atoms with Crippen molar-refractivity contribution in [3.05, 3.63) is 42.0 Å². The number of aliphatic carboxylic acids is 1. The summed E-state index contributed by atoms with van der Waals surface area (Å²) in [5, 5.41) is 12.9. The molecule has 0 amide bonds. The molecule has 2 rings (SSSR count). The van der Waals surface area contributed by atoms with Gasteiger partial charge in [-0.3, -0.25) is 9.48 Å². The second-order valence-corrected chi connectivity index (χ2v) is 4.07. The van der Waals surface area contributed by atoms with E-state index in [4.69, 9.17) is 5.11 Å². The Morgan fingerprint density at radius 2 is 2.28 bits per heavy atom. The summed E-state index contributed by atoms with van der Waals surface area (Å²) in [6, 6.07) is 6.20. The molecular weight excluding hydrogens is 235 g/mol. The van der Waals surface area contributed by atoms with Crippen LogP contribution in [0.5, 0.6) is 0 Å². The number of carboxylic acids is 1. The minimum absolute atomic E-state index is 0.0132. The Hall–Kier alpha value is -2.17. The summed E-state index contributed by atoms with van der Waals surface area (Å²) in [7, 11) is 1.76. The van der Waals surface area contributed by atoms with E-state index in [1.165, 1.54) is 12.1 Å². The molecule has 0 aliphatic rings.